The van der Waals surface area contributed by atoms with E-state index in [1.165, 1.54) is 46.9 Å². The second kappa shape index (κ2) is 12.4. The molecule has 0 amide bonds. The summed E-state index contributed by atoms with van der Waals surface area (Å²) in [5.74, 6) is 1.72. The summed E-state index contributed by atoms with van der Waals surface area (Å²) in [6.07, 6.45) is 0. The maximum atomic E-state index is 6.86. The highest BCUT2D eigenvalue weighted by Gasteiger charge is 2.47. The quantitative estimate of drug-likeness (QED) is 0.168. The first-order chi connectivity index (χ1) is 26.8. The van der Waals surface area contributed by atoms with Gasteiger partial charge < -0.3 is 9.64 Å². The van der Waals surface area contributed by atoms with Crippen molar-refractivity contribution in [1.82, 2.24) is 0 Å². The molecule has 0 unspecified atom stereocenters. The predicted molar refractivity (Wildman–Crippen MR) is 229 cm³/mol. The van der Waals surface area contributed by atoms with Gasteiger partial charge in [-0.05, 0) is 90.5 Å². The SMILES string of the molecule is c1ccc([Si]2(c3ccccc3)c3ccccc3Sc3ccc(-c4ccc5c(c4)N(c4ccc6ccccc6c4)c4ccc6ccccc6c4O5)cc32)cc1. The molecule has 2 aliphatic heterocycles. The summed E-state index contributed by atoms with van der Waals surface area (Å²) in [4.78, 5) is 5.06. The summed E-state index contributed by atoms with van der Waals surface area (Å²) in [5, 5.41) is 10.4. The Kier molecular flexibility index (Phi) is 7.16. The van der Waals surface area contributed by atoms with Crippen LogP contribution in [0, 0.1) is 0 Å². The van der Waals surface area contributed by atoms with Crippen molar-refractivity contribution in [2.75, 3.05) is 4.90 Å². The fourth-order valence-corrected chi connectivity index (χ4v) is 15.7. The molecule has 0 aliphatic carbocycles. The molecule has 0 fully saturated rings. The van der Waals surface area contributed by atoms with Crippen molar-refractivity contribution < 1.29 is 4.74 Å². The van der Waals surface area contributed by atoms with Crippen molar-refractivity contribution in [3.63, 3.8) is 0 Å². The maximum absolute atomic E-state index is 6.86. The molecule has 0 radical (unpaired) electrons. The van der Waals surface area contributed by atoms with E-state index in [1.54, 1.807) is 0 Å². The number of rotatable bonds is 4. The molecular weight excluding hydrogens is 691 g/mol. The van der Waals surface area contributed by atoms with Gasteiger partial charge in [0.15, 0.2) is 19.6 Å². The summed E-state index contributed by atoms with van der Waals surface area (Å²) in [6.45, 7) is 0. The molecule has 2 aliphatic rings. The number of anilines is 3. The minimum absolute atomic E-state index is 0.843. The maximum Gasteiger partial charge on any atom is 0.181 e. The zero-order valence-electron chi connectivity index (χ0n) is 29.3. The van der Waals surface area contributed by atoms with Gasteiger partial charge in [0.2, 0.25) is 0 Å². The molecule has 9 aromatic carbocycles. The largest absolute Gasteiger partial charge is 0.452 e. The molecular formula is C50H33NOSSi. The van der Waals surface area contributed by atoms with E-state index in [9.17, 15) is 0 Å². The van der Waals surface area contributed by atoms with Gasteiger partial charge in [-0.25, -0.2) is 0 Å². The molecule has 0 saturated heterocycles. The van der Waals surface area contributed by atoms with E-state index < -0.39 is 8.07 Å². The van der Waals surface area contributed by atoms with Crippen molar-refractivity contribution >= 4 is 79.2 Å². The molecule has 254 valence electrons. The van der Waals surface area contributed by atoms with Crippen LogP contribution in [0.2, 0.25) is 0 Å². The molecule has 0 bridgehead atoms. The van der Waals surface area contributed by atoms with E-state index in [-0.39, 0.29) is 0 Å². The molecule has 54 heavy (non-hydrogen) atoms. The van der Waals surface area contributed by atoms with Crippen molar-refractivity contribution in [2.24, 2.45) is 0 Å². The molecule has 2 nitrogen and oxygen atoms in total. The number of hydrogen-bond acceptors (Lipinski definition) is 3. The van der Waals surface area contributed by atoms with Crippen molar-refractivity contribution in [3.8, 4) is 22.6 Å². The Morgan fingerprint density at radius 2 is 1.06 bits per heavy atom. The zero-order valence-corrected chi connectivity index (χ0v) is 31.1. The molecule has 0 aromatic heterocycles. The highest BCUT2D eigenvalue weighted by Crippen LogP contribution is 2.54. The van der Waals surface area contributed by atoms with Crippen LogP contribution in [0.3, 0.4) is 0 Å². The predicted octanol–water partition coefficient (Wildman–Crippen LogP) is 11.1. The van der Waals surface area contributed by atoms with Crippen molar-refractivity contribution in [3.05, 3.63) is 200 Å². The zero-order chi connectivity index (χ0) is 35.6. The van der Waals surface area contributed by atoms with Crippen LogP contribution in [0.4, 0.5) is 17.1 Å². The van der Waals surface area contributed by atoms with Crippen LogP contribution in [0.1, 0.15) is 0 Å². The fraction of sp³-hybridized carbons (Fsp3) is 0. The van der Waals surface area contributed by atoms with E-state index in [0.29, 0.717) is 0 Å². The number of nitrogens with zero attached hydrogens (tertiary/aromatic N) is 1. The van der Waals surface area contributed by atoms with E-state index in [2.05, 4.69) is 205 Å². The lowest BCUT2D eigenvalue weighted by molar-refractivity contribution is 0.482. The topological polar surface area (TPSA) is 12.5 Å². The normalized spacial score (nSPS) is 13.7. The fourth-order valence-electron chi connectivity index (χ4n) is 8.69. The van der Waals surface area contributed by atoms with Gasteiger partial charge in [0.05, 0.1) is 11.4 Å². The molecule has 11 rings (SSSR count). The number of ether oxygens (including phenoxy) is 1. The third kappa shape index (κ3) is 4.74. The monoisotopic (exact) mass is 723 g/mol. The van der Waals surface area contributed by atoms with Crippen LogP contribution in [-0.2, 0) is 0 Å². The van der Waals surface area contributed by atoms with Crippen LogP contribution in [0.25, 0.3) is 32.7 Å². The smallest absolute Gasteiger partial charge is 0.181 e. The van der Waals surface area contributed by atoms with E-state index in [1.807, 2.05) is 11.8 Å². The van der Waals surface area contributed by atoms with Crippen molar-refractivity contribution in [2.45, 2.75) is 9.79 Å². The lowest BCUT2D eigenvalue weighted by Crippen LogP contribution is -2.76. The van der Waals surface area contributed by atoms with Gasteiger partial charge in [0.25, 0.3) is 0 Å². The van der Waals surface area contributed by atoms with Gasteiger partial charge in [-0.3, -0.25) is 0 Å². The van der Waals surface area contributed by atoms with Gasteiger partial charge in [-0.2, -0.15) is 0 Å². The van der Waals surface area contributed by atoms with Crippen LogP contribution in [0.5, 0.6) is 11.5 Å². The minimum atomic E-state index is -2.69. The third-order valence-corrected chi connectivity index (χ3v) is 17.5. The minimum Gasteiger partial charge on any atom is -0.452 e. The van der Waals surface area contributed by atoms with Crippen LogP contribution in [-0.4, -0.2) is 8.07 Å². The average Bonchev–Trinajstić information content (AvgIpc) is 3.25. The van der Waals surface area contributed by atoms with Crippen LogP contribution in [0.15, 0.2) is 210 Å². The lowest BCUT2D eigenvalue weighted by Gasteiger charge is -2.40. The Hall–Kier alpha value is -6.33. The first-order valence-electron chi connectivity index (χ1n) is 18.4. The van der Waals surface area contributed by atoms with Gasteiger partial charge in [-0.1, -0.05) is 169 Å². The lowest BCUT2D eigenvalue weighted by atomic mass is 10.0. The number of hydrogen-bond donors (Lipinski definition) is 0. The summed E-state index contributed by atoms with van der Waals surface area (Å²) in [7, 11) is -2.69. The average molecular weight is 724 g/mol. The number of benzene rings is 9. The highest BCUT2D eigenvalue weighted by molar-refractivity contribution is 8.00. The molecule has 9 aromatic rings. The van der Waals surface area contributed by atoms with E-state index in [0.717, 1.165) is 44.9 Å². The first kappa shape index (κ1) is 31.2. The molecule has 0 saturated carbocycles. The Morgan fingerprint density at radius 3 is 1.87 bits per heavy atom. The third-order valence-electron chi connectivity index (χ3n) is 11.1. The molecule has 0 atom stereocenters. The molecule has 0 spiro atoms. The Morgan fingerprint density at radius 1 is 0.426 bits per heavy atom. The first-order valence-corrected chi connectivity index (χ1v) is 21.2. The summed E-state index contributed by atoms with van der Waals surface area (Å²) >= 11 is 1.90. The Labute approximate surface area is 320 Å². The van der Waals surface area contributed by atoms with Crippen molar-refractivity contribution in [1.29, 1.82) is 0 Å². The second-order valence-electron chi connectivity index (χ2n) is 14.1. The van der Waals surface area contributed by atoms with Gasteiger partial charge in [0.1, 0.15) is 0 Å². The van der Waals surface area contributed by atoms with Gasteiger partial charge in [-0.15, -0.1) is 0 Å². The standard InChI is InChI=1S/C50H33NOSSi/c1-3-16-40(17-4-1)54(41-18-5-2-6-19-41)48-22-12-11-21-46(48)53-47-30-26-38(33-49(47)54)37-25-29-45-44(32-37)51(39-27-23-34-13-7-8-15-36(34)31-39)43-28-24-35-14-9-10-20-42(35)50(43)52-45/h1-33H. The summed E-state index contributed by atoms with van der Waals surface area (Å²) in [5.41, 5.74) is 5.51. The molecule has 0 N–H and O–H groups in total. The molecule has 4 heteroatoms. The summed E-state index contributed by atoms with van der Waals surface area (Å²) in [6, 6.07) is 73.6. The Balaban J connectivity index is 1.13. The van der Waals surface area contributed by atoms with Gasteiger partial charge >= 0.3 is 0 Å². The summed E-state index contributed by atoms with van der Waals surface area (Å²) < 4.78 is 6.86. The van der Waals surface area contributed by atoms with Crippen LogP contribution >= 0.6 is 11.8 Å². The second-order valence-corrected chi connectivity index (χ2v) is 18.9. The highest BCUT2D eigenvalue weighted by atomic mass is 32.2. The molecule has 2 heterocycles. The Bertz CT molecular complexity index is 2870. The van der Waals surface area contributed by atoms with Gasteiger partial charge in [0, 0.05) is 20.9 Å². The van der Waals surface area contributed by atoms with E-state index >= 15 is 0 Å². The number of fused-ring (bicyclic) bond motifs is 7. The van der Waals surface area contributed by atoms with Crippen LogP contribution < -0.4 is 30.4 Å². The van der Waals surface area contributed by atoms with E-state index in [4.69, 9.17) is 4.74 Å².